The molecule has 1 aromatic rings. The summed E-state index contributed by atoms with van der Waals surface area (Å²) in [5.74, 6) is 1.37. The molecule has 1 aliphatic rings. The molecule has 2 rings (SSSR count). The summed E-state index contributed by atoms with van der Waals surface area (Å²) in [4.78, 5) is 3.27. The van der Waals surface area contributed by atoms with E-state index in [4.69, 9.17) is 10.5 Å². The largest absolute Gasteiger partial charge is 0.259 e. The number of nitriles is 2. The van der Waals surface area contributed by atoms with Gasteiger partial charge in [0.05, 0.1) is 12.5 Å². The number of hydrogen-bond donors (Lipinski definition) is 2. The molecule has 0 atom stereocenters. The molecule has 1 aliphatic carbocycles. The maximum atomic E-state index is 7.48. The molecule has 78 valence electrons. The van der Waals surface area contributed by atoms with E-state index in [0.717, 1.165) is 0 Å². The summed E-state index contributed by atoms with van der Waals surface area (Å²) in [6, 6.07) is 0. The molecule has 15 heavy (non-hydrogen) atoms. The first kappa shape index (κ1) is 11.1. The van der Waals surface area contributed by atoms with E-state index >= 15 is 0 Å². The van der Waals surface area contributed by atoms with Crippen molar-refractivity contribution in [2.24, 2.45) is 7.05 Å². The lowest BCUT2D eigenvalue weighted by molar-refractivity contribution is -0.680. The van der Waals surface area contributed by atoms with Crippen molar-refractivity contribution < 1.29 is 4.57 Å². The van der Waals surface area contributed by atoms with Crippen LogP contribution in [-0.4, -0.2) is 4.98 Å². The minimum absolute atomic E-state index is 0.470. The Bertz CT molecular complexity index is 390. The molecule has 1 saturated carbocycles. The molecular weight excluding hydrogens is 190 g/mol. The second kappa shape index (κ2) is 4.47. The first-order valence-corrected chi connectivity index (χ1v) is 4.71. The van der Waals surface area contributed by atoms with Gasteiger partial charge in [-0.15, -0.1) is 0 Å². The number of aromatic amines is 1. The third-order valence-corrected chi connectivity index (χ3v) is 2.55. The lowest BCUT2D eigenvalue weighted by Gasteiger charge is -1.99. The van der Waals surface area contributed by atoms with E-state index in [2.05, 4.69) is 29.7 Å². The normalized spacial score (nSPS) is 15.2. The van der Waals surface area contributed by atoms with Gasteiger partial charge in [-0.3, -0.25) is 0 Å². The van der Waals surface area contributed by atoms with Gasteiger partial charge < -0.3 is 0 Å². The van der Waals surface area contributed by atoms with Gasteiger partial charge in [0.15, 0.2) is 12.4 Å². The average Bonchev–Trinajstić information content (AvgIpc) is 2.78. The highest BCUT2D eigenvalue weighted by molar-refractivity contribution is 5.10. The summed E-state index contributed by atoms with van der Waals surface area (Å²) in [6.07, 6.45) is 9.55. The fourth-order valence-electron chi connectivity index (χ4n) is 1.45. The molecule has 1 aromatic heterocycles. The minimum Gasteiger partial charge on any atom is -0.247 e. The van der Waals surface area contributed by atoms with Crippen LogP contribution in [0.25, 0.3) is 0 Å². The van der Waals surface area contributed by atoms with Crippen molar-refractivity contribution in [2.45, 2.75) is 25.2 Å². The minimum atomic E-state index is 0.470. The van der Waals surface area contributed by atoms with Gasteiger partial charge in [0.2, 0.25) is 0 Å². The van der Waals surface area contributed by atoms with Crippen molar-refractivity contribution in [1.82, 2.24) is 10.3 Å². The maximum absolute atomic E-state index is 7.48. The molecule has 1 heterocycles. The van der Waals surface area contributed by atoms with Gasteiger partial charge in [-0.25, -0.2) is 14.9 Å². The number of imidazole rings is 1. The lowest BCUT2D eigenvalue weighted by Crippen LogP contribution is -2.34. The maximum Gasteiger partial charge on any atom is 0.259 e. The number of hydrogen-bond acceptors (Lipinski definition) is 3. The molecule has 2 N–H and O–H groups in total. The fraction of sp³-hybridized carbons (Fsp3) is 0.500. The molecule has 0 radical (unpaired) electrons. The first-order chi connectivity index (χ1) is 7.14. The quantitative estimate of drug-likeness (QED) is 0.395. The molecule has 1 fully saturated rings. The predicted octanol–water partition coefficient (Wildman–Crippen LogP) is 0.429. The smallest absolute Gasteiger partial charge is 0.247 e. The highest BCUT2D eigenvalue weighted by atomic mass is 15.1. The Morgan fingerprint density at radius 2 is 2.07 bits per heavy atom. The second-order valence-corrected chi connectivity index (χ2v) is 3.83. The van der Waals surface area contributed by atoms with Crippen molar-refractivity contribution in [2.75, 3.05) is 0 Å². The number of nitrogens with zero attached hydrogens (tertiary/aromatic N) is 3. The van der Waals surface area contributed by atoms with Crippen LogP contribution in [0.5, 0.6) is 0 Å². The van der Waals surface area contributed by atoms with Crippen molar-refractivity contribution in [1.29, 1.82) is 10.5 Å². The van der Waals surface area contributed by atoms with Crippen molar-refractivity contribution in [3.05, 3.63) is 18.2 Å². The predicted molar refractivity (Wildman–Crippen MR) is 52.9 cm³/mol. The summed E-state index contributed by atoms with van der Waals surface area (Å²) in [7, 11) is 2.09. The molecule has 0 aromatic carbocycles. The van der Waals surface area contributed by atoms with Crippen LogP contribution in [0.2, 0.25) is 0 Å². The number of aryl methyl sites for hydroxylation is 1. The molecule has 0 aliphatic heterocycles. The van der Waals surface area contributed by atoms with Crippen LogP contribution < -0.4 is 9.88 Å². The van der Waals surface area contributed by atoms with Crippen molar-refractivity contribution in [3.8, 4) is 12.4 Å². The van der Waals surface area contributed by atoms with Crippen molar-refractivity contribution >= 4 is 0 Å². The summed E-state index contributed by atoms with van der Waals surface area (Å²) in [5.41, 5.74) is 0.470. The Labute approximate surface area is 89.0 Å². The van der Waals surface area contributed by atoms with Gasteiger partial charge >= 0.3 is 0 Å². The number of H-pyrrole nitrogens is 1. The number of rotatable bonds is 1. The Hall–Kier alpha value is -2.01. The highest BCUT2D eigenvalue weighted by Gasteiger charge is 2.46. The van der Waals surface area contributed by atoms with E-state index in [1.165, 1.54) is 31.1 Å². The van der Waals surface area contributed by atoms with E-state index < -0.39 is 0 Å². The molecule has 0 saturated heterocycles. The monoisotopic (exact) mass is 204 g/mol. The first-order valence-electron chi connectivity index (χ1n) is 4.71. The average molecular weight is 204 g/mol. The SMILES string of the molecule is C[n+]1cc[nH]c1C1(C)CC1.N#CNC#N. The molecule has 0 bridgehead atoms. The van der Waals surface area contributed by atoms with E-state index in [-0.39, 0.29) is 0 Å². The lowest BCUT2D eigenvalue weighted by atomic mass is 10.1. The standard InChI is InChI=1S/C8H12N2.C2HN3/c1-8(3-4-8)7-9-5-6-10(7)2;3-1-5-2-4/h5-6H,3-4H2,1-2H3;5H/p+1. The third kappa shape index (κ3) is 2.72. The van der Waals surface area contributed by atoms with Gasteiger partial charge in [-0.1, -0.05) is 0 Å². The van der Waals surface area contributed by atoms with Gasteiger partial charge in [0.25, 0.3) is 5.82 Å². The Balaban J connectivity index is 0.000000195. The van der Waals surface area contributed by atoms with Gasteiger partial charge in [0, 0.05) is 0 Å². The van der Waals surface area contributed by atoms with E-state index in [1.54, 1.807) is 5.32 Å². The molecule has 0 amide bonds. The Kier molecular flexibility index (Phi) is 3.30. The zero-order valence-corrected chi connectivity index (χ0v) is 8.91. The Morgan fingerprint density at radius 1 is 1.47 bits per heavy atom. The molecule has 0 unspecified atom stereocenters. The van der Waals surface area contributed by atoms with Crippen LogP contribution in [0.4, 0.5) is 0 Å². The molecule has 0 spiro atoms. The molecular formula is C10H14N5+. The summed E-state index contributed by atoms with van der Waals surface area (Å²) in [5, 5.41) is 16.7. The number of nitrogens with one attached hydrogen (secondary N) is 2. The third-order valence-electron chi connectivity index (χ3n) is 2.55. The molecule has 5 nitrogen and oxygen atoms in total. The second-order valence-electron chi connectivity index (χ2n) is 3.83. The van der Waals surface area contributed by atoms with Gasteiger partial charge in [0.1, 0.15) is 12.4 Å². The van der Waals surface area contributed by atoms with Crippen LogP contribution in [0.3, 0.4) is 0 Å². The topological polar surface area (TPSA) is 79.3 Å². The summed E-state index contributed by atoms with van der Waals surface area (Å²) in [6.45, 7) is 2.30. The van der Waals surface area contributed by atoms with Crippen molar-refractivity contribution in [3.63, 3.8) is 0 Å². The number of aromatic nitrogens is 2. The van der Waals surface area contributed by atoms with E-state index in [0.29, 0.717) is 5.41 Å². The van der Waals surface area contributed by atoms with Gasteiger partial charge in [-0.2, -0.15) is 10.5 Å². The van der Waals surface area contributed by atoms with Crippen LogP contribution in [-0.2, 0) is 12.5 Å². The van der Waals surface area contributed by atoms with Crippen LogP contribution in [0, 0.1) is 22.9 Å². The van der Waals surface area contributed by atoms with Crippen LogP contribution in [0.1, 0.15) is 25.6 Å². The highest BCUT2D eigenvalue weighted by Crippen LogP contribution is 2.45. The van der Waals surface area contributed by atoms with E-state index in [1.807, 2.05) is 6.20 Å². The van der Waals surface area contributed by atoms with Gasteiger partial charge in [-0.05, 0) is 19.8 Å². The summed E-state index contributed by atoms with van der Waals surface area (Å²) >= 11 is 0. The zero-order chi connectivity index (χ0) is 11.3. The zero-order valence-electron chi connectivity index (χ0n) is 8.91. The van der Waals surface area contributed by atoms with E-state index in [9.17, 15) is 0 Å². The van der Waals surface area contributed by atoms with Crippen LogP contribution >= 0.6 is 0 Å². The Morgan fingerprint density at radius 3 is 2.33 bits per heavy atom. The summed E-state index contributed by atoms with van der Waals surface area (Å²) < 4.78 is 2.17. The molecule has 5 heteroatoms. The van der Waals surface area contributed by atoms with Crippen LogP contribution in [0.15, 0.2) is 12.4 Å². The fourth-order valence-corrected chi connectivity index (χ4v) is 1.45.